The van der Waals surface area contributed by atoms with E-state index in [0.29, 0.717) is 17.9 Å². The van der Waals surface area contributed by atoms with E-state index < -0.39 is 0 Å². The first kappa shape index (κ1) is 6.35. The normalized spacial score (nSPS) is 40.7. The lowest BCUT2D eigenvalue weighted by Crippen LogP contribution is -2.39. The number of piperidine rings is 1. The van der Waals surface area contributed by atoms with Crippen molar-refractivity contribution >= 4 is 5.78 Å². The number of hydrogen-bond donors (Lipinski definition) is 0. The van der Waals surface area contributed by atoms with Crippen LogP contribution in [0.1, 0.15) is 25.7 Å². The summed E-state index contributed by atoms with van der Waals surface area (Å²) in [7, 11) is 2.15. The van der Waals surface area contributed by atoms with Gasteiger partial charge in [-0.2, -0.15) is 0 Å². The van der Waals surface area contributed by atoms with E-state index in [2.05, 4.69) is 11.9 Å². The van der Waals surface area contributed by atoms with Crippen LogP contribution in [0.4, 0.5) is 0 Å². The second-order valence-corrected chi connectivity index (χ2v) is 3.50. The third-order valence-electron chi connectivity index (χ3n) is 2.91. The number of carbonyl (C=O) groups excluding carboxylic acids is 1. The molecule has 2 bridgehead atoms. The van der Waals surface area contributed by atoms with Crippen molar-refractivity contribution in [1.29, 1.82) is 0 Å². The molecule has 2 heteroatoms. The Balaban J connectivity index is 2.16. The van der Waals surface area contributed by atoms with Crippen LogP contribution in [0.2, 0.25) is 0 Å². The molecule has 0 N–H and O–H groups in total. The predicted octanol–water partition coefficient (Wildman–Crippen LogP) is 0.812. The van der Waals surface area contributed by atoms with E-state index in [-0.39, 0.29) is 0 Å². The molecule has 0 aromatic carbocycles. The van der Waals surface area contributed by atoms with Crippen molar-refractivity contribution in [1.82, 2.24) is 4.90 Å². The molecular formula is C8H13NO. The van der Waals surface area contributed by atoms with Crippen LogP contribution in [-0.2, 0) is 4.79 Å². The largest absolute Gasteiger partial charge is 0.300 e. The highest BCUT2D eigenvalue weighted by molar-refractivity contribution is 5.80. The number of fused-ring (bicyclic) bond motifs is 2. The number of ketones is 1. The first-order chi connectivity index (χ1) is 4.77. The Hall–Kier alpha value is -0.370. The maximum atomic E-state index is 11.0. The van der Waals surface area contributed by atoms with Crippen LogP contribution >= 0.6 is 0 Å². The van der Waals surface area contributed by atoms with Crippen LogP contribution in [0.25, 0.3) is 0 Å². The molecule has 0 amide bonds. The number of carbonyl (C=O) groups is 1. The van der Waals surface area contributed by atoms with Crippen LogP contribution in [0.3, 0.4) is 0 Å². The van der Waals surface area contributed by atoms with Crippen molar-refractivity contribution in [2.45, 2.75) is 37.8 Å². The average Bonchev–Trinajstić information content (AvgIpc) is 2.20. The van der Waals surface area contributed by atoms with E-state index >= 15 is 0 Å². The highest BCUT2D eigenvalue weighted by Gasteiger charge is 2.37. The highest BCUT2D eigenvalue weighted by Crippen LogP contribution is 2.31. The molecule has 2 aliphatic heterocycles. The van der Waals surface area contributed by atoms with E-state index in [4.69, 9.17) is 0 Å². The Labute approximate surface area is 61.2 Å². The summed E-state index contributed by atoms with van der Waals surface area (Å²) in [5.74, 6) is 0.477. The van der Waals surface area contributed by atoms with Gasteiger partial charge in [0, 0.05) is 24.9 Å². The van der Waals surface area contributed by atoms with Crippen molar-refractivity contribution in [2.24, 2.45) is 0 Å². The molecule has 0 saturated carbocycles. The molecule has 56 valence electrons. The fraction of sp³-hybridized carbons (Fsp3) is 0.875. The molecule has 0 aromatic heterocycles. The topological polar surface area (TPSA) is 20.3 Å². The molecule has 2 saturated heterocycles. The lowest BCUT2D eigenvalue weighted by molar-refractivity contribution is -0.123. The van der Waals surface area contributed by atoms with E-state index in [9.17, 15) is 4.79 Å². The standard InChI is InChI=1S/C8H13NO/c1-9-6-2-3-7(9)5-8(10)4-6/h6-7H,2-5H2,1H3/t6-,7-/m1/s1. The van der Waals surface area contributed by atoms with E-state index in [1.165, 1.54) is 12.8 Å². The van der Waals surface area contributed by atoms with E-state index in [0.717, 1.165) is 12.8 Å². The summed E-state index contributed by atoms with van der Waals surface area (Å²) in [5, 5.41) is 0. The molecule has 2 nitrogen and oxygen atoms in total. The molecule has 10 heavy (non-hydrogen) atoms. The van der Waals surface area contributed by atoms with Crippen molar-refractivity contribution in [3.8, 4) is 0 Å². The molecule has 2 rings (SSSR count). The smallest absolute Gasteiger partial charge is 0.136 e. The Morgan fingerprint density at radius 2 is 1.80 bits per heavy atom. The van der Waals surface area contributed by atoms with Gasteiger partial charge in [0.05, 0.1) is 0 Å². The van der Waals surface area contributed by atoms with Crippen molar-refractivity contribution in [2.75, 3.05) is 7.05 Å². The van der Waals surface area contributed by atoms with Gasteiger partial charge in [0.2, 0.25) is 0 Å². The van der Waals surface area contributed by atoms with Gasteiger partial charge in [-0.15, -0.1) is 0 Å². The fourth-order valence-electron chi connectivity index (χ4n) is 2.19. The van der Waals surface area contributed by atoms with Gasteiger partial charge in [-0.3, -0.25) is 9.69 Å². The fourth-order valence-corrected chi connectivity index (χ4v) is 2.19. The summed E-state index contributed by atoms with van der Waals surface area (Å²) in [6.45, 7) is 0. The second-order valence-electron chi connectivity index (χ2n) is 3.50. The summed E-state index contributed by atoms with van der Waals surface area (Å²) < 4.78 is 0. The van der Waals surface area contributed by atoms with Crippen molar-refractivity contribution < 1.29 is 4.79 Å². The average molecular weight is 139 g/mol. The predicted molar refractivity (Wildman–Crippen MR) is 38.8 cm³/mol. The molecule has 0 unspecified atom stereocenters. The molecule has 0 spiro atoms. The summed E-state index contributed by atoms with van der Waals surface area (Å²) >= 11 is 0. The van der Waals surface area contributed by atoms with Gasteiger partial charge in [0.15, 0.2) is 0 Å². The van der Waals surface area contributed by atoms with Crippen LogP contribution in [0, 0.1) is 0 Å². The summed E-state index contributed by atoms with van der Waals surface area (Å²) in [5.41, 5.74) is 0. The summed E-state index contributed by atoms with van der Waals surface area (Å²) in [6.07, 6.45) is 4.11. The maximum Gasteiger partial charge on any atom is 0.136 e. The second kappa shape index (κ2) is 2.06. The summed E-state index contributed by atoms with van der Waals surface area (Å²) in [6, 6.07) is 1.18. The Bertz CT molecular complexity index is 151. The third-order valence-corrected chi connectivity index (χ3v) is 2.91. The monoisotopic (exact) mass is 139 g/mol. The first-order valence-electron chi connectivity index (χ1n) is 4.01. The number of nitrogens with zero attached hydrogens (tertiary/aromatic N) is 1. The van der Waals surface area contributed by atoms with Crippen LogP contribution in [-0.4, -0.2) is 29.8 Å². The van der Waals surface area contributed by atoms with E-state index in [1.807, 2.05) is 0 Å². The van der Waals surface area contributed by atoms with Gasteiger partial charge in [0.1, 0.15) is 5.78 Å². The van der Waals surface area contributed by atoms with Crippen LogP contribution in [0.5, 0.6) is 0 Å². The first-order valence-corrected chi connectivity index (χ1v) is 4.01. The molecule has 0 aromatic rings. The minimum Gasteiger partial charge on any atom is -0.300 e. The Morgan fingerprint density at radius 3 is 2.30 bits per heavy atom. The van der Waals surface area contributed by atoms with E-state index in [1.54, 1.807) is 0 Å². The molecule has 2 aliphatic rings. The van der Waals surface area contributed by atoms with Crippen LogP contribution in [0.15, 0.2) is 0 Å². The van der Waals surface area contributed by atoms with Crippen LogP contribution < -0.4 is 0 Å². The lowest BCUT2D eigenvalue weighted by Gasteiger charge is -2.29. The Kier molecular flexibility index (Phi) is 1.31. The van der Waals surface area contributed by atoms with Crippen molar-refractivity contribution in [3.05, 3.63) is 0 Å². The molecule has 0 aliphatic carbocycles. The van der Waals surface area contributed by atoms with Gasteiger partial charge in [0.25, 0.3) is 0 Å². The zero-order valence-corrected chi connectivity index (χ0v) is 6.34. The number of rotatable bonds is 0. The van der Waals surface area contributed by atoms with Crippen molar-refractivity contribution in [3.63, 3.8) is 0 Å². The quantitative estimate of drug-likeness (QED) is 0.495. The van der Waals surface area contributed by atoms with Gasteiger partial charge >= 0.3 is 0 Å². The zero-order chi connectivity index (χ0) is 7.14. The minimum absolute atomic E-state index is 0.477. The summed E-state index contributed by atoms with van der Waals surface area (Å²) in [4.78, 5) is 13.4. The lowest BCUT2D eigenvalue weighted by atomic mass is 10.0. The molecule has 2 atom stereocenters. The number of Topliss-reactive ketones (excluding diaryl/α,β-unsaturated/α-hetero) is 1. The van der Waals surface area contributed by atoms with Gasteiger partial charge in [-0.1, -0.05) is 0 Å². The van der Waals surface area contributed by atoms with Gasteiger partial charge in [-0.25, -0.2) is 0 Å². The van der Waals surface area contributed by atoms with Gasteiger partial charge in [-0.05, 0) is 19.9 Å². The number of hydrogen-bond acceptors (Lipinski definition) is 2. The Morgan fingerprint density at radius 1 is 1.30 bits per heavy atom. The molecule has 0 radical (unpaired) electrons. The highest BCUT2D eigenvalue weighted by atomic mass is 16.1. The molecule has 2 fully saturated rings. The van der Waals surface area contributed by atoms with Gasteiger partial charge < -0.3 is 0 Å². The molecular weight excluding hydrogens is 126 g/mol. The molecule has 2 heterocycles. The maximum absolute atomic E-state index is 11.0. The SMILES string of the molecule is CN1[C@@H]2CC[C@@H]1CC(=O)C2. The minimum atomic E-state index is 0.477. The zero-order valence-electron chi connectivity index (χ0n) is 6.34. The third kappa shape index (κ3) is 0.788.